The Balaban J connectivity index is 4.01. The van der Waals surface area contributed by atoms with E-state index in [4.69, 9.17) is 4.74 Å². The van der Waals surface area contributed by atoms with E-state index in [-0.39, 0.29) is 18.0 Å². The second-order valence-electron chi connectivity index (χ2n) is 5.71. The van der Waals surface area contributed by atoms with Crippen molar-refractivity contribution in [2.75, 3.05) is 26.7 Å². The maximum Gasteiger partial charge on any atom is 0.410 e. The predicted molar refractivity (Wildman–Crippen MR) is 75.1 cm³/mol. The van der Waals surface area contributed by atoms with Crippen LogP contribution in [0.1, 0.15) is 34.6 Å². The van der Waals surface area contributed by atoms with Crippen LogP contribution in [0.4, 0.5) is 9.59 Å². The quantitative estimate of drug-likeness (QED) is 0.802. The highest BCUT2D eigenvalue weighted by molar-refractivity contribution is 5.73. The molecule has 6 heteroatoms. The summed E-state index contributed by atoms with van der Waals surface area (Å²) in [5.74, 6) is 0.153. The lowest BCUT2D eigenvalue weighted by molar-refractivity contribution is 0.0277. The number of hydrogen-bond donors (Lipinski definition) is 2. The third-order valence-electron chi connectivity index (χ3n) is 2.24. The summed E-state index contributed by atoms with van der Waals surface area (Å²) in [6.45, 7) is 11.0. The van der Waals surface area contributed by atoms with Crippen LogP contribution in [0.2, 0.25) is 0 Å². The summed E-state index contributed by atoms with van der Waals surface area (Å²) in [7, 11) is 1.69. The van der Waals surface area contributed by atoms with Crippen molar-refractivity contribution >= 4 is 12.1 Å². The molecule has 3 amide bonds. The molecule has 6 nitrogen and oxygen atoms in total. The van der Waals surface area contributed by atoms with Crippen LogP contribution >= 0.6 is 0 Å². The van der Waals surface area contributed by atoms with Gasteiger partial charge in [0, 0.05) is 26.7 Å². The molecule has 0 aliphatic carbocycles. The molecule has 0 aliphatic rings. The first-order valence-electron chi connectivity index (χ1n) is 6.61. The van der Waals surface area contributed by atoms with Crippen molar-refractivity contribution in [2.24, 2.45) is 5.92 Å². The van der Waals surface area contributed by atoms with Crippen molar-refractivity contribution in [3.05, 3.63) is 0 Å². The Morgan fingerprint density at radius 3 is 2.32 bits per heavy atom. The van der Waals surface area contributed by atoms with Gasteiger partial charge in [-0.15, -0.1) is 0 Å². The van der Waals surface area contributed by atoms with Crippen LogP contribution in [0.5, 0.6) is 0 Å². The van der Waals surface area contributed by atoms with Gasteiger partial charge in [-0.1, -0.05) is 6.92 Å². The SMILES string of the molecule is CCNC(=O)NC[C@H](C)CN(C)C(=O)OC(C)(C)C. The molecule has 2 N–H and O–H groups in total. The van der Waals surface area contributed by atoms with Gasteiger partial charge in [0.2, 0.25) is 0 Å². The van der Waals surface area contributed by atoms with Gasteiger partial charge >= 0.3 is 12.1 Å². The van der Waals surface area contributed by atoms with Gasteiger partial charge in [-0.25, -0.2) is 9.59 Å². The van der Waals surface area contributed by atoms with E-state index in [2.05, 4.69) is 10.6 Å². The third kappa shape index (κ3) is 9.16. The molecule has 0 fully saturated rings. The summed E-state index contributed by atoms with van der Waals surface area (Å²) in [4.78, 5) is 24.5. The fourth-order valence-corrected chi connectivity index (χ4v) is 1.44. The highest BCUT2D eigenvalue weighted by Crippen LogP contribution is 2.09. The Kier molecular flexibility index (Phi) is 7.26. The van der Waals surface area contributed by atoms with E-state index in [1.807, 2.05) is 34.6 Å². The maximum atomic E-state index is 11.7. The van der Waals surface area contributed by atoms with E-state index in [1.54, 1.807) is 7.05 Å². The van der Waals surface area contributed by atoms with Crippen LogP contribution in [0.3, 0.4) is 0 Å². The molecule has 0 aromatic heterocycles. The number of nitrogens with one attached hydrogen (secondary N) is 2. The van der Waals surface area contributed by atoms with Crippen LogP contribution in [-0.4, -0.2) is 49.3 Å². The average molecular weight is 273 g/mol. The van der Waals surface area contributed by atoms with E-state index < -0.39 is 5.60 Å². The van der Waals surface area contributed by atoms with E-state index >= 15 is 0 Å². The minimum Gasteiger partial charge on any atom is -0.444 e. The van der Waals surface area contributed by atoms with Gasteiger partial charge in [0.1, 0.15) is 5.60 Å². The van der Waals surface area contributed by atoms with Crippen LogP contribution < -0.4 is 10.6 Å². The highest BCUT2D eigenvalue weighted by Gasteiger charge is 2.20. The molecule has 0 aliphatic heterocycles. The third-order valence-corrected chi connectivity index (χ3v) is 2.24. The standard InChI is InChI=1S/C13H27N3O3/c1-7-14-11(17)15-8-10(2)9-16(6)12(18)19-13(3,4)5/h10H,7-9H2,1-6H3,(H2,14,15,17)/t10-/m0/s1. The van der Waals surface area contributed by atoms with Gasteiger partial charge in [0.15, 0.2) is 0 Å². The summed E-state index contributed by atoms with van der Waals surface area (Å²) in [5.41, 5.74) is -0.492. The molecule has 0 rings (SSSR count). The first-order valence-corrected chi connectivity index (χ1v) is 6.61. The predicted octanol–water partition coefficient (Wildman–Crippen LogP) is 1.81. The van der Waals surface area contributed by atoms with Gasteiger partial charge in [0.05, 0.1) is 0 Å². The lowest BCUT2D eigenvalue weighted by atomic mass is 10.1. The number of rotatable bonds is 5. The lowest BCUT2D eigenvalue weighted by Crippen LogP contribution is -2.41. The molecule has 0 bridgehead atoms. The van der Waals surface area contributed by atoms with E-state index in [0.29, 0.717) is 19.6 Å². The Hall–Kier alpha value is -1.46. The molecule has 19 heavy (non-hydrogen) atoms. The maximum absolute atomic E-state index is 11.7. The molecule has 0 saturated heterocycles. The fraction of sp³-hybridized carbons (Fsp3) is 0.846. The van der Waals surface area contributed by atoms with Gasteiger partial charge in [-0.3, -0.25) is 0 Å². The summed E-state index contributed by atoms with van der Waals surface area (Å²) in [6.07, 6.45) is -0.350. The molecule has 0 heterocycles. The number of hydrogen-bond acceptors (Lipinski definition) is 3. The van der Waals surface area contributed by atoms with E-state index in [1.165, 1.54) is 4.90 Å². The summed E-state index contributed by atoms with van der Waals surface area (Å²) in [5, 5.41) is 5.40. The van der Waals surface area contributed by atoms with Crippen LogP contribution in [0.25, 0.3) is 0 Å². The Morgan fingerprint density at radius 2 is 1.84 bits per heavy atom. The summed E-state index contributed by atoms with van der Waals surface area (Å²) >= 11 is 0. The van der Waals surface area contributed by atoms with Crippen molar-refractivity contribution in [1.29, 1.82) is 0 Å². The summed E-state index contributed by atoms with van der Waals surface area (Å²) < 4.78 is 5.25. The Morgan fingerprint density at radius 1 is 1.26 bits per heavy atom. The Labute approximate surface area is 115 Å². The van der Waals surface area contributed by atoms with Gasteiger partial charge in [0.25, 0.3) is 0 Å². The molecule has 0 spiro atoms. The minimum atomic E-state index is -0.492. The van der Waals surface area contributed by atoms with Crippen molar-refractivity contribution in [3.8, 4) is 0 Å². The minimum absolute atomic E-state index is 0.153. The fourth-order valence-electron chi connectivity index (χ4n) is 1.44. The first-order chi connectivity index (χ1) is 8.65. The molecular formula is C13H27N3O3. The van der Waals surface area contributed by atoms with Gasteiger partial charge in [-0.2, -0.15) is 0 Å². The molecule has 112 valence electrons. The van der Waals surface area contributed by atoms with Crippen molar-refractivity contribution in [2.45, 2.75) is 40.2 Å². The monoisotopic (exact) mass is 273 g/mol. The summed E-state index contributed by atoms with van der Waals surface area (Å²) in [6, 6.07) is -0.186. The second-order valence-corrected chi connectivity index (χ2v) is 5.71. The highest BCUT2D eigenvalue weighted by atomic mass is 16.6. The zero-order valence-corrected chi connectivity index (χ0v) is 12.9. The molecule has 1 atom stereocenters. The normalized spacial score (nSPS) is 12.5. The number of carbonyl (C=O) groups is 2. The average Bonchev–Trinajstić information content (AvgIpc) is 2.24. The van der Waals surface area contributed by atoms with Crippen LogP contribution in [-0.2, 0) is 4.74 Å². The molecule has 0 unspecified atom stereocenters. The molecule has 0 aromatic carbocycles. The number of nitrogens with zero attached hydrogens (tertiary/aromatic N) is 1. The molecular weight excluding hydrogens is 246 g/mol. The molecule has 0 saturated carbocycles. The second kappa shape index (κ2) is 7.86. The lowest BCUT2D eigenvalue weighted by Gasteiger charge is -2.26. The smallest absolute Gasteiger partial charge is 0.410 e. The Bertz CT molecular complexity index is 300. The number of amides is 3. The van der Waals surface area contributed by atoms with Crippen molar-refractivity contribution in [3.63, 3.8) is 0 Å². The zero-order chi connectivity index (χ0) is 15.1. The number of carbonyl (C=O) groups excluding carboxylic acids is 2. The zero-order valence-electron chi connectivity index (χ0n) is 12.9. The first kappa shape index (κ1) is 17.5. The molecule has 0 radical (unpaired) electrons. The van der Waals surface area contributed by atoms with Gasteiger partial charge < -0.3 is 20.3 Å². The largest absolute Gasteiger partial charge is 0.444 e. The topological polar surface area (TPSA) is 70.7 Å². The molecule has 0 aromatic rings. The van der Waals surface area contributed by atoms with Gasteiger partial charge in [-0.05, 0) is 33.6 Å². The van der Waals surface area contributed by atoms with Crippen molar-refractivity contribution < 1.29 is 14.3 Å². The number of urea groups is 1. The van der Waals surface area contributed by atoms with Crippen molar-refractivity contribution in [1.82, 2.24) is 15.5 Å². The van der Waals surface area contributed by atoms with E-state index in [0.717, 1.165) is 0 Å². The van der Waals surface area contributed by atoms with E-state index in [9.17, 15) is 9.59 Å². The van der Waals surface area contributed by atoms with Crippen LogP contribution in [0.15, 0.2) is 0 Å². The number of ether oxygens (including phenoxy) is 1. The van der Waals surface area contributed by atoms with Crippen LogP contribution in [0, 0.1) is 5.92 Å².